The molecular formula is C20H19N3O. The van der Waals surface area contributed by atoms with Crippen molar-refractivity contribution in [1.82, 2.24) is 0 Å². The fourth-order valence-corrected chi connectivity index (χ4v) is 2.32. The van der Waals surface area contributed by atoms with Gasteiger partial charge < -0.3 is 15.8 Å². The van der Waals surface area contributed by atoms with Gasteiger partial charge in [0.05, 0.1) is 0 Å². The van der Waals surface area contributed by atoms with Crippen LogP contribution in [0.1, 0.15) is 11.1 Å². The molecule has 0 saturated heterocycles. The number of para-hydroxylation sites is 1. The van der Waals surface area contributed by atoms with Crippen molar-refractivity contribution in [2.45, 2.75) is 6.54 Å². The number of ether oxygens (including phenoxy) is 1. The number of hydrogen-bond acceptors (Lipinski definition) is 3. The molecule has 0 radical (unpaired) electrons. The first-order valence-electron chi connectivity index (χ1n) is 7.71. The van der Waals surface area contributed by atoms with Gasteiger partial charge in [0.15, 0.2) is 0 Å². The molecule has 3 aromatic carbocycles. The van der Waals surface area contributed by atoms with Gasteiger partial charge in [-0.1, -0.05) is 30.3 Å². The average Bonchev–Trinajstić information content (AvgIpc) is 2.61. The monoisotopic (exact) mass is 317 g/mol. The van der Waals surface area contributed by atoms with Gasteiger partial charge in [0.25, 0.3) is 0 Å². The van der Waals surface area contributed by atoms with Crippen molar-refractivity contribution >= 4 is 11.5 Å². The predicted molar refractivity (Wildman–Crippen MR) is 97.7 cm³/mol. The SMILES string of the molecule is N=C(N)c1ccc(NCc2cccc(Oc3ccccc3)c2)cc1. The Morgan fingerprint density at radius 1 is 0.875 bits per heavy atom. The Hall–Kier alpha value is -3.27. The van der Waals surface area contributed by atoms with Crippen LogP contribution in [0.4, 0.5) is 5.69 Å². The van der Waals surface area contributed by atoms with E-state index in [2.05, 4.69) is 11.4 Å². The first kappa shape index (κ1) is 15.6. The lowest BCUT2D eigenvalue weighted by molar-refractivity contribution is 0.482. The van der Waals surface area contributed by atoms with E-state index in [0.717, 1.165) is 28.3 Å². The molecule has 0 unspecified atom stereocenters. The van der Waals surface area contributed by atoms with Gasteiger partial charge in [0, 0.05) is 17.8 Å². The fraction of sp³-hybridized carbons (Fsp3) is 0.0500. The Morgan fingerprint density at radius 3 is 2.29 bits per heavy atom. The van der Waals surface area contributed by atoms with Crippen LogP contribution in [0.5, 0.6) is 11.5 Å². The Balaban J connectivity index is 1.63. The molecule has 0 aromatic heterocycles. The van der Waals surface area contributed by atoms with E-state index in [9.17, 15) is 0 Å². The Kier molecular flexibility index (Phi) is 4.77. The van der Waals surface area contributed by atoms with E-state index in [1.54, 1.807) is 0 Å². The molecule has 4 heteroatoms. The van der Waals surface area contributed by atoms with E-state index in [4.69, 9.17) is 15.9 Å². The first-order valence-corrected chi connectivity index (χ1v) is 7.71. The van der Waals surface area contributed by atoms with E-state index in [0.29, 0.717) is 6.54 Å². The van der Waals surface area contributed by atoms with Crippen molar-refractivity contribution in [2.24, 2.45) is 5.73 Å². The zero-order valence-electron chi connectivity index (χ0n) is 13.2. The van der Waals surface area contributed by atoms with Crippen LogP contribution in [0.15, 0.2) is 78.9 Å². The zero-order chi connectivity index (χ0) is 16.8. The number of amidine groups is 1. The van der Waals surface area contributed by atoms with Crippen molar-refractivity contribution in [3.8, 4) is 11.5 Å². The standard InChI is InChI=1S/C20H19N3O/c21-20(22)16-9-11-17(12-10-16)23-14-15-5-4-8-19(13-15)24-18-6-2-1-3-7-18/h1-13,23H,14H2,(H3,21,22). The predicted octanol–water partition coefficient (Wildman–Crippen LogP) is 4.38. The molecule has 3 aromatic rings. The topological polar surface area (TPSA) is 71.1 Å². The normalized spacial score (nSPS) is 10.2. The van der Waals surface area contributed by atoms with Gasteiger partial charge in [-0.3, -0.25) is 5.41 Å². The van der Waals surface area contributed by atoms with Gasteiger partial charge in [-0.25, -0.2) is 0 Å². The fourth-order valence-electron chi connectivity index (χ4n) is 2.32. The summed E-state index contributed by atoms with van der Waals surface area (Å²) in [6.07, 6.45) is 0. The molecular weight excluding hydrogens is 298 g/mol. The minimum absolute atomic E-state index is 0.0762. The van der Waals surface area contributed by atoms with Crippen LogP contribution in [0.25, 0.3) is 0 Å². The summed E-state index contributed by atoms with van der Waals surface area (Å²) in [6.45, 7) is 0.686. The molecule has 0 saturated carbocycles. The molecule has 0 spiro atoms. The van der Waals surface area contributed by atoms with Crippen LogP contribution in [0.2, 0.25) is 0 Å². The highest BCUT2D eigenvalue weighted by Gasteiger charge is 2.00. The molecule has 4 nitrogen and oxygen atoms in total. The summed E-state index contributed by atoms with van der Waals surface area (Å²) in [5, 5.41) is 10.8. The van der Waals surface area contributed by atoms with Crippen molar-refractivity contribution < 1.29 is 4.74 Å². The maximum absolute atomic E-state index is 7.40. The van der Waals surface area contributed by atoms with Crippen LogP contribution in [-0.2, 0) is 6.54 Å². The van der Waals surface area contributed by atoms with Crippen LogP contribution in [0, 0.1) is 5.41 Å². The number of nitrogen functional groups attached to an aromatic ring is 1. The van der Waals surface area contributed by atoms with E-state index in [1.807, 2.05) is 72.8 Å². The Bertz CT molecular complexity index is 814. The lowest BCUT2D eigenvalue weighted by Gasteiger charge is -2.10. The second kappa shape index (κ2) is 7.33. The Labute approximate surface area is 141 Å². The van der Waals surface area contributed by atoms with E-state index < -0.39 is 0 Å². The molecule has 4 N–H and O–H groups in total. The summed E-state index contributed by atoms with van der Waals surface area (Å²) in [5.74, 6) is 1.71. The molecule has 120 valence electrons. The van der Waals surface area contributed by atoms with Crippen molar-refractivity contribution in [2.75, 3.05) is 5.32 Å². The third kappa shape index (κ3) is 4.14. The number of nitrogens with two attached hydrogens (primary N) is 1. The summed E-state index contributed by atoms with van der Waals surface area (Å²) in [4.78, 5) is 0. The lowest BCUT2D eigenvalue weighted by atomic mass is 10.1. The maximum atomic E-state index is 7.40. The minimum Gasteiger partial charge on any atom is -0.457 e. The lowest BCUT2D eigenvalue weighted by Crippen LogP contribution is -2.10. The van der Waals surface area contributed by atoms with Crippen molar-refractivity contribution in [3.63, 3.8) is 0 Å². The van der Waals surface area contributed by atoms with Gasteiger partial charge in [-0.2, -0.15) is 0 Å². The maximum Gasteiger partial charge on any atom is 0.127 e. The second-order valence-corrected chi connectivity index (χ2v) is 5.41. The van der Waals surface area contributed by atoms with Crippen molar-refractivity contribution in [1.29, 1.82) is 5.41 Å². The number of rotatable bonds is 6. The first-order chi connectivity index (χ1) is 11.7. The van der Waals surface area contributed by atoms with Crippen LogP contribution in [0.3, 0.4) is 0 Å². The molecule has 0 fully saturated rings. The molecule has 3 rings (SSSR count). The highest BCUT2D eigenvalue weighted by Crippen LogP contribution is 2.22. The van der Waals surface area contributed by atoms with E-state index >= 15 is 0 Å². The number of anilines is 1. The van der Waals surface area contributed by atoms with E-state index in [1.165, 1.54) is 0 Å². The smallest absolute Gasteiger partial charge is 0.127 e. The molecule has 0 heterocycles. The second-order valence-electron chi connectivity index (χ2n) is 5.41. The van der Waals surface area contributed by atoms with E-state index in [-0.39, 0.29) is 5.84 Å². The molecule has 0 aliphatic heterocycles. The quantitative estimate of drug-likeness (QED) is 0.467. The summed E-state index contributed by atoms with van der Waals surface area (Å²) in [7, 11) is 0. The summed E-state index contributed by atoms with van der Waals surface area (Å²) in [6, 6.07) is 25.2. The van der Waals surface area contributed by atoms with Gasteiger partial charge >= 0.3 is 0 Å². The third-order valence-corrected chi connectivity index (χ3v) is 3.57. The van der Waals surface area contributed by atoms with Gasteiger partial charge in [-0.15, -0.1) is 0 Å². The third-order valence-electron chi connectivity index (χ3n) is 3.57. The molecule has 24 heavy (non-hydrogen) atoms. The van der Waals surface area contributed by atoms with Crippen LogP contribution < -0.4 is 15.8 Å². The molecule has 0 amide bonds. The molecule has 0 bridgehead atoms. The highest BCUT2D eigenvalue weighted by molar-refractivity contribution is 5.95. The number of nitrogens with one attached hydrogen (secondary N) is 2. The Morgan fingerprint density at radius 2 is 1.58 bits per heavy atom. The summed E-state index contributed by atoms with van der Waals surface area (Å²) < 4.78 is 5.85. The zero-order valence-corrected chi connectivity index (χ0v) is 13.2. The molecule has 0 aliphatic carbocycles. The van der Waals surface area contributed by atoms with Gasteiger partial charge in [-0.05, 0) is 54.1 Å². The average molecular weight is 317 g/mol. The molecule has 0 atom stereocenters. The summed E-state index contributed by atoms with van der Waals surface area (Å²) in [5.41, 5.74) is 8.28. The van der Waals surface area contributed by atoms with Crippen molar-refractivity contribution in [3.05, 3.63) is 90.0 Å². The van der Waals surface area contributed by atoms with Gasteiger partial charge in [0.2, 0.25) is 0 Å². The largest absolute Gasteiger partial charge is 0.457 e. The van der Waals surface area contributed by atoms with Crippen LogP contribution >= 0.6 is 0 Å². The summed E-state index contributed by atoms with van der Waals surface area (Å²) >= 11 is 0. The molecule has 0 aliphatic rings. The highest BCUT2D eigenvalue weighted by atomic mass is 16.5. The van der Waals surface area contributed by atoms with Gasteiger partial charge in [0.1, 0.15) is 17.3 Å². The number of benzene rings is 3. The van der Waals surface area contributed by atoms with Crippen LogP contribution in [-0.4, -0.2) is 5.84 Å². The minimum atomic E-state index is 0.0762. The number of hydrogen-bond donors (Lipinski definition) is 3.